The van der Waals surface area contributed by atoms with Crippen LogP contribution in [0.2, 0.25) is 0 Å². The van der Waals surface area contributed by atoms with E-state index in [1.807, 2.05) is 36.5 Å². The lowest BCUT2D eigenvalue weighted by atomic mass is 10.1. The number of aromatic nitrogens is 2. The van der Waals surface area contributed by atoms with Gasteiger partial charge in [-0.2, -0.15) is 5.10 Å². The van der Waals surface area contributed by atoms with E-state index in [2.05, 4.69) is 5.10 Å². The molecule has 0 atom stereocenters. The normalized spacial score (nSPS) is 11.5. The smallest absolute Gasteiger partial charge is 0.180 e. The van der Waals surface area contributed by atoms with Crippen molar-refractivity contribution >= 4 is 9.84 Å². The molecule has 0 unspecified atom stereocenters. The van der Waals surface area contributed by atoms with Crippen molar-refractivity contribution in [2.24, 2.45) is 0 Å². The summed E-state index contributed by atoms with van der Waals surface area (Å²) in [5.74, 6) is 0.0346. The first-order valence-corrected chi connectivity index (χ1v) is 8.66. The summed E-state index contributed by atoms with van der Waals surface area (Å²) in [4.78, 5) is 0.352. The fourth-order valence-corrected chi connectivity index (χ4v) is 3.46. The van der Waals surface area contributed by atoms with Crippen LogP contribution in [-0.4, -0.2) is 24.0 Å². The van der Waals surface area contributed by atoms with E-state index < -0.39 is 9.84 Å². The molecule has 4 nitrogen and oxygen atoms in total. The van der Waals surface area contributed by atoms with Crippen molar-refractivity contribution < 1.29 is 8.42 Å². The molecular formula is C17H16N2O2S. The predicted octanol–water partition coefficient (Wildman–Crippen LogP) is 3.02. The van der Waals surface area contributed by atoms with Crippen LogP contribution in [0.15, 0.2) is 78.0 Å². The van der Waals surface area contributed by atoms with Gasteiger partial charge in [-0.1, -0.05) is 48.5 Å². The summed E-state index contributed by atoms with van der Waals surface area (Å²) in [5.41, 5.74) is 2.05. The number of sulfone groups is 1. The van der Waals surface area contributed by atoms with Gasteiger partial charge in [-0.15, -0.1) is 0 Å². The minimum absolute atomic E-state index is 0.0346. The van der Waals surface area contributed by atoms with Crippen LogP contribution in [0.1, 0.15) is 0 Å². The molecule has 0 saturated heterocycles. The summed E-state index contributed by atoms with van der Waals surface area (Å²) in [6.07, 6.45) is 3.63. The van der Waals surface area contributed by atoms with E-state index in [1.165, 1.54) is 0 Å². The Labute approximate surface area is 130 Å². The third-order valence-electron chi connectivity index (χ3n) is 3.43. The van der Waals surface area contributed by atoms with E-state index in [4.69, 9.17) is 0 Å². The maximum atomic E-state index is 12.2. The topological polar surface area (TPSA) is 52.0 Å². The van der Waals surface area contributed by atoms with Crippen LogP contribution in [-0.2, 0) is 16.4 Å². The minimum Gasteiger partial charge on any atom is -0.271 e. The summed E-state index contributed by atoms with van der Waals surface area (Å²) in [6, 6.07) is 18.4. The Kier molecular flexibility index (Phi) is 4.06. The summed E-state index contributed by atoms with van der Waals surface area (Å²) >= 11 is 0. The second-order valence-corrected chi connectivity index (χ2v) is 7.10. The van der Waals surface area contributed by atoms with Gasteiger partial charge in [0.15, 0.2) is 9.84 Å². The molecule has 0 radical (unpaired) electrons. The van der Waals surface area contributed by atoms with Crippen molar-refractivity contribution in [3.8, 4) is 11.1 Å². The highest BCUT2D eigenvalue weighted by atomic mass is 32.2. The Hall–Kier alpha value is -2.40. The highest BCUT2D eigenvalue weighted by Gasteiger charge is 2.14. The van der Waals surface area contributed by atoms with Gasteiger partial charge in [-0.3, -0.25) is 4.68 Å². The number of benzene rings is 2. The van der Waals surface area contributed by atoms with Crippen molar-refractivity contribution in [3.05, 3.63) is 73.1 Å². The Morgan fingerprint density at radius 1 is 0.864 bits per heavy atom. The Morgan fingerprint density at radius 3 is 2.18 bits per heavy atom. The van der Waals surface area contributed by atoms with Crippen LogP contribution in [0.5, 0.6) is 0 Å². The Bertz CT molecular complexity index is 841. The molecule has 0 aliphatic rings. The Morgan fingerprint density at radius 2 is 1.50 bits per heavy atom. The van der Waals surface area contributed by atoms with Crippen LogP contribution in [0, 0.1) is 0 Å². The maximum absolute atomic E-state index is 12.2. The van der Waals surface area contributed by atoms with Gasteiger partial charge in [0, 0.05) is 11.8 Å². The van der Waals surface area contributed by atoms with Gasteiger partial charge in [-0.25, -0.2) is 8.42 Å². The van der Waals surface area contributed by atoms with Crippen LogP contribution in [0.4, 0.5) is 0 Å². The van der Waals surface area contributed by atoms with E-state index in [0.717, 1.165) is 11.1 Å². The lowest BCUT2D eigenvalue weighted by molar-refractivity contribution is 0.580. The molecule has 5 heteroatoms. The van der Waals surface area contributed by atoms with E-state index in [1.54, 1.807) is 41.2 Å². The molecule has 3 rings (SSSR count). The zero-order chi connectivity index (χ0) is 15.4. The highest BCUT2D eigenvalue weighted by molar-refractivity contribution is 7.91. The fourth-order valence-electron chi connectivity index (χ4n) is 2.22. The number of nitrogens with zero attached hydrogens (tertiary/aromatic N) is 2. The standard InChI is InChI=1S/C17H16N2O2S/c20-22(21,17-9-5-2-6-10-17)12-11-19-14-16(13-18-19)15-7-3-1-4-8-15/h1-10,13-14H,11-12H2. The average molecular weight is 312 g/mol. The second-order valence-electron chi connectivity index (χ2n) is 4.99. The minimum atomic E-state index is -3.27. The first kappa shape index (κ1) is 14.5. The van der Waals surface area contributed by atoms with Gasteiger partial charge >= 0.3 is 0 Å². The molecule has 0 N–H and O–H groups in total. The predicted molar refractivity (Wildman–Crippen MR) is 86.2 cm³/mol. The summed E-state index contributed by atoms with van der Waals surface area (Å²) in [5, 5.41) is 4.24. The maximum Gasteiger partial charge on any atom is 0.180 e. The van der Waals surface area contributed by atoms with Gasteiger partial charge in [0.25, 0.3) is 0 Å². The zero-order valence-electron chi connectivity index (χ0n) is 12.0. The highest BCUT2D eigenvalue weighted by Crippen LogP contribution is 2.18. The van der Waals surface area contributed by atoms with Crippen molar-refractivity contribution in [3.63, 3.8) is 0 Å². The number of hydrogen-bond acceptors (Lipinski definition) is 3. The molecule has 0 aliphatic carbocycles. The zero-order valence-corrected chi connectivity index (χ0v) is 12.8. The van der Waals surface area contributed by atoms with Crippen molar-refractivity contribution in [2.45, 2.75) is 11.4 Å². The molecule has 22 heavy (non-hydrogen) atoms. The first-order chi connectivity index (χ1) is 10.6. The van der Waals surface area contributed by atoms with Gasteiger partial charge < -0.3 is 0 Å². The van der Waals surface area contributed by atoms with Crippen LogP contribution in [0.25, 0.3) is 11.1 Å². The SMILES string of the molecule is O=S(=O)(CCn1cc(-c2ccccc2)cn1)c1ccccc1. The van der Waals surface area contributed by atoms with E-state index in [-0.39, 0.29) is 5.75 Å². The third kappa shape index (κ3) is 3.26. The van der Waals surface area contributed by atoms with E-state index in [0.29, 0.717) is 11.4 Å². The number of aryl methyl sites for hydroxylation is 1. The molecule has 0 bridgehead atoms. The Balaban J connectivity index is 1.72. The van der Waals surface area contributed by atoms with Crippen molar-refractivity contribution in [1.82, 2.24) is 9.78 Å². The molecular weight excluding hydrogens is 296 g/mol. The van der Waals surface area contributed by atoms with Crippen molar-refractivity contribution in [2.75, 3.05) is 5.75 Å². The summed E-state index contributed by atoms with van der Waals surface area (Å²) in [7, 11) is -3.27. The number of hydrogen-bond donors (Lipinski definition) is 0. The van der Waals surface area contributed by atoms with Crippen LogP contribution >= 0.6 is 0 Å². The molecule has 3 aromatic rings. The molecule has 0 spiro atoms. The van der Waals surface area contributed by atoms with Crippen LogP contribution < -0.4 is 0 Å². The largest absolute Gasteiger partial charge is 0.271 e. The van der Waals surface area contributed by atoms with Gasteiger partial charge in [0.1, 0.15) is 0 Å². The number of rotatable bonds is 5. The molecule has 0 amide bonds. The first-order valence-electron chi connectivity index (χ1n) is 7.01. The monoisotopic (exact) mass is 312 g/mol. The molecule has 1 heterocycles. The van der Waals surface area contributed by atoms with E-state index >= 15 is 0 Å². The summed E-state index contributed by atoms with van der Waals surface area (Å²) in [6.45, 7) is 0.337. The molecule has 0 fully saturated rings. The van der Waals surface area contributed by atoms with Crippen LogP contribution in [0.3, 0.4) is 0 Å². The molecule has 0 aliphatic heterocycles. The average Bonchev–Trinajstić information content (AvgIpc) is 3.04. The van der Waals surface area contributed by atoms with Gasteiger partial charge in [0.05, 0.1) is 23.4 Å². The van der Waals surface area contributed by atoms with Gasteiger partial charge in [-0.05, 0) is 17.7 Å². The molecule has 2 aromatic carbocycles. The lowest BCUT2D eigenvalue weighted by Gasteiger charge is -2.04. The van der Waals surface area contributed by atoms with Crippen molar-refractivity contribution in [1.29, 1.82) is 0 Å². The molecule has 112 valence electrons. The molecule has 1 aromatic heterocycles. The lowest BCUT2D eigenvalue weighted by Crippen LogP contribution is -2.13. The molecule has 0 saturated carbocycles. The summed E-state index contributed by atoms with van der Waals surface area (Å²) < 4.78 is 26.2. The quantitative estimate of drug-likeness (QED) is 0.727. The fraction of sp³-hybridized carbons (Fsp3) is 0.118. The second kappa shape index (κ2) is 6.15. The van der Waals surface area contributed by atoms with Gasteiger partial charge in [0.2, 0.25) is 0 Å². The van der Waals surface area contributed by atoms with E-state index in [9.17, 15) is 8.42 Å². The third-order valence-corrected chi connectivity index (χ3v) is 5.14.